The molecule has 1 aromatic heterocycles. The van der Waals surface area contributed by atoms with Crippen molar-refractivity contribution in [3.05, 3.63) is 22.4 Å². The van der Waals surface area contributed by atoms with Gasteiger partial charge in [-0.2, -0.15) is 0 Å². The van der Waals surface area contributed by atoms with E-state index < -0.39 is 6.10 Å². The number of β-amino-alcohol motifs (C(OH)–C–C–N with tert-alkyl or cyclic N) is 1. The molecule has 1 atom stereocenters. The van der Waals surface area contributed by atoms with E-state index in [1.807, 2.05) is 27.3 Å². The van der Waals surface area contributed by atoms with Crippen LogP contribution in [0, 0.1) is 5.41 Å². The fourth-order valence-electron chi connectivity index (χ4n) is 3.90. The Labute approximate surface area is 147 Å². The Balaban J connectivity index is 1.55. The van der Waals surface area contributed by atoms with E-state index in [1.54, 1.807) is 18.3 Å². The van der Waals surface area contributed by atoms with E-state index in [1.165, 1.54) is 0 Å². The maximum atomic E-state index is 12.4. The smallest absolute Gasteiger partial charge is 0.227 e. The zero-order chi connectivity index (χ0) is 17.2. The van der Waals surface area contributed by atoms with Gasteiger partial charge < -0.3 is 14.9 Å². The predicted octanol–water partition coefficient (Wildman–Crippen LogP) is 1.90. The summed E-state index contributed by atoms with van der Waals surface area (Å²) in [5.41, 5.74) is 0.127. The third-order valence-corrected chi connectivity index (χ3v) is 6.19. The van der Waals surface area contributed by atoms with Crippen LogP contribution < -0.4 is 0 Å². The van der Waals surface area contributed by atoms with Gasteiger partial charge in [0.25, 0.3) is 0 Å². The van der Waals surface area contributed by atoms with Crippen LogP contribution in [0.2, 0.25) is 0 Å². The average molecular weight is 350 g/mol. The van der Waals surface area contributed by atoms with Gasteiger partial charge in [-0.05, 0) is 43.0 Å². The molecule has 132 valence electrons. The molecule has 2 saturated heterocycles. The van der Waals surface area contributed by atoms with Gasteiger partial charge in [0.2, 0.25) is 11.8 Å². The molecule has 2 fully saturated rings. The molecule has 24 heavy (non-hydrogen) atoms. The number of nitrogens with zero attached hydrogens (tertiary/aromatic N) is 2. The lowest BCUT2D eigenvalue weighted by Crippen LogP contribution is -2.53. The van der Waals surface area contributed by atoms with Crippen molar-refractivity contribution in [2.75, 3.05) is 26.2 Å². The first-order valence-electron chi connectivity index (χ1n) is 8.73. The van der Waals surface area contributed by atoms with Gasteiger partial charge in [-0.3, -0.25) is 9.59 Å². The van der Waals surface area contributed by atoms with Crippen molar-refractivity contribution in [3.63, 3.8) is 0 Å². The quantitative estimate of drug-likeness (QED) is 0.902. The van der Waals surface area contributed by atoms with E-state index in [4.69, 9.17) is 0 Å². The summed E-state index contributed by atoms with van der Waals surface area (Å²) in [6.45, 7) is 4.42. The van der Waals surface area contributed by atoms with E-state index in [0.717, 1.165) is 43.8 Å². The van der Waals surface area contributed by atoms with Crippen molar-refractivity contribution in [1.82, 2.24) is 9.80 Å². The first-order valence-corrected chi connectivity index (χ1v) is 9.61. The Morgan fingerprint density at radius 3 is 2.75 bits per heavy atom. The molecule has 2 aliphatic heterocycles. The molecule has 0 aliphatic carbocycles. The number of hydrogen-bond acceptors (Lipinski definition) is 4. The van der Waals surface area contributed by atoms with Crippen LogP contribution >= 0.6 is 11.3 Å². The second-order valence-corrected chi connectivity index (χ2v) is 8.29. The standard InChI is InChI=1S/C18H26N2O3S/c1-14(21)12-20-13-18(5-4-16(20)22)6-8-19(9-7-18)17(23)11-15-3-2-10-24-15/h2-3,10,14,21H,4-9,11-13H2,1H3/t14-/m1/s1. The Morgan fingerprint density at radius 1 is 1.38 bits per heavy atom. The van der Waals surface area contributed by atoms with Crippen molar-refractivity contribution in [3.8, 4) is 0 Å². The average Bonchev–Trinajstić information content (AvgIpc) is 3.04. The molecule has 0 aromatic carbocycles. The van der Waals surface area contributed by atoms with E-state index in [2.05, 4.69) is 0 Å². The third-order valence-electron chi connectivity index (χ3n) is 5.32. The van der Waals surface area contributed by atoms with Crippen LogP contribution in [0.15, 0.2) is 17.5 Å². The van der Waals surface area contributed by atoms with Crippen LogP contribution in [-0.2, 0) is 16.0 Å². The van der Waals surface area contributed by atoms with Gasteiger partial charge in [0, 0.05) is 37.5 Å². The summed E-state index contributed by atoms with van der Waals surface area (Å²) in [4.78, 5) is 29.4. The summed E-state index contributed by atoms with van der Waals surface area (Å²) < 4.78 is 0. The van der Waals surface area contributed by atoms with E-state index in [9.17, 15) is 14.7 Å². The van der Waals surface area contributed by atoms with Gasteiger partial charge in [-0.25, -0.2) is 0 Å². The number of carbonyl (C=O) groups excluding carboxylic acids is 2. The Morgan fingerprint density at radius 2 is 2.12 bits per heavy atom. The third kappa shape index (κ3) is 3.98. The molecule has 5 nitrogen and oxygen atoms in total. The highest BCUT2D eigenvalue weighted by atomic mass is 32.1. The summed E-state index contributed by atoms with van der Waals surface area (Å²) in [7, 11) is 0. The zero-order valence-electron chi connectivity index (χ0n) is 14.2. The lowest BCUT2D eigenvalue weighted by atomic mass is 9.72. The lowest BCUT2D eigenvalue weighted by molar-refractivity contribution is -0.143. The summed E-state index contributed by atoms with van der Waals surface area (Å²) in [5, 5.41) is 11.6. The number of piperidine rings is 2. The molecule has 1 N–H and O–H groups in total. The number of aliphatic hydroxyl groups excluding tert-OH is 1. The monoisotopic (exact) mass is 350 g/mol. The van der Waals surface area contributed by atoms with Crippen molar-refractivity contribution in [2.45, 2.75) is 45.1 Å². The predicted molar refractivity (Wildman–Crippen MR) is 93.8 cm³/mol. The molecule has 6 heteroatoms. The van der Waals surface area contributed by atoms with Crippen molar-refractivity contribution >= 4 is 23.2 Å². The van der Waals surface area contributed by atoms with Crippen molar-refractivity contribution in [1.29, 1.82) is 0 Å². The molecule has 0 radical (unpaired) electrons. The molecule has 1 aromatic rings. The highest BCUT2D eigenvalue weighted by Crippen LogP contribution is 2.40. The van der Waals surface area contributed by atoms with E-state index in [0.29, 0.717) is 19.4 Å². The number of thiophene rings is 1. The lowest BCUT2D eigenvalue weighted by Gasteiger charge is -2.47. The molecule has 3 rings (SSSR count). The number of likely N-dealkylation sites (tertiary alicyclic amines) is 2. The highest BCUT2D eigenvalue weighted by Gasteiger charge is 2.41. The molecule has 3 heterocycles. The molecule has 1 spiro atoms. The molecular weight excluding hydrogens is 324 g/mol. The SMILES string of the molecule is C[C@@H](O)CN1CC2(CCC1=O)CCN(C(=O)Cc1cccs1)CC2. The molecule has 2 amide bonds. The summed E-state index contributed by atoms with van der Waals surface area (Å²) in [5.74, 6) is 0.359. The van der Waals surface area contributed by atoms with Gasteiger partial charge in [0.1, 0.15) is 0 Å². The minimum Gasteiger partial charge on any atom is -0.392 e. The van der Waals surface area contributed by atoms with Crippen LogP contribution in [-0.4, -0.2) is 59.0 Å². The Bertz CT molecular complexity index is 577. The number of rotatable bonds is 4. The van der Waals surface area contributed by atoms with Crippen molar-refractivity contribution in [2.24, 2.45) is 5.41 Å². The summed E-state index contributed by atoms with van der Waals surface area (Å²) in [6.07, 6.45) is 3.39. The molecule has 0 unspecified atom stereocenters. The maximum Gasteiger partial charge on any atom is 0.227 e. The van der Waals surface area contributed by atoms with Gasteiger partial charge in [-0.1, -0.05) is 6.07 Å². The first-order chi connectivity index (χ1) is 11.5. The van der Waals surface area contributed by atoms with Crippen LogP contribution in [0.1, 0.15) is 37.5 Å². The van der Waals surface area contributed by atoms with Crippen LogP contribution in [0.25, 0.3) is 0 Å². The number of hydrogen-bond donors (Lipinski definition) is 1. The minimum absolute atomic E-state index is 0.127. The second kappa shape index (κ2) is 7.23. The number of carbonyl (C=O) groups is 2. The molecule has 0 saturated carbocycles. The summed E-state index contributed by atoms with van der Waals surface area (Å²) in [6, 6.07) is 3.99. The normalized spacial score (nSPS) is 22.0. The highest BCUT2D eigenvalue weighted by molar-refractivity contribution is 7.10. The molecular formula is C18H26N2O3S. The van der Waals surface area contributed by atoms with Crippen LogP contribution in [0.5, 0.6) is 0 Å². The van der Waals surface area contributed by atoms with Gasteiger partial charge >= 0.3 is 0 Å². The van der Waals surface area contributed by atoms with Gasteiger partial charge in [0.15, 0.2) is 0 Å². The van der Waals surface area contributed by atoms with Crippen LogP contribution in [0.4, 0.5) is 0 Å². The fourth-order valence-corrected chi connectivity index (χ4v) is 4.60. The zero-order valence-corrected chi connectivity index (χ0v) is 15.1. The molecule has 0 bridgehead atoms. The summed E-state index contributed by atoms with van der Waals surface area (Å²) >= 11 is 1.63. The van der Waals surface area contributed by atoms with E-state index in [-0.39, 0.29) is 17.2 Å². The van der Waals surface area contributed by atoms with Gasteiger partial charge in [-0.15, -0.1) is 11.3 Å². The largest absolute Gasteiger partial charge is 0.392 e. The van der Waals surface area contributed by atoms with Gasteiger partial charge in [0.05, 0.1) is 12.5 Å². The first kappa shape index (κ1) is 17.4. The van der Waals surface area contributed by atoms with Crippen molar-refractivity contribution < 1.29 is 14.7 Å². The maximum absolute atomic E-state index is 12.4. The second-order valence-electron chi connectivity index (χ2n) is 7.26. The Hall–Kier alpha value is -1.40. The topological polar surface area (TPSA) is 60.9 Å². The minimum atomic E-state index is -0.489. The molecule has 2 aliphatic rings. The number of aliphatic hydroxyl groups is 1. The van der Waals surface area contributed by atoms with Crippen LogP contribution in [0.3, 0.4) is 0 Å². The number of amides is 2. The Kier molecular flexibility index (Phi) is 5.25. The van der Waals surface area contributed by atoms with E-state index >= 15 is 0 Å². The fraction of sp³-hybridized carbons (Fsp3) is 0.667.